The zero-order valence-corrected chi connectivity index (χ0v) is 15.5. The van der Waals surface area contributed by atoms with Crippen molar-refractivity contribution in [3.8, 4) is 5.75 Å². The first-order valence-corrected chi connectivity index (χ1v) is 9.98. The molecule has 5 heteroatoms. The van der Waals surface area contributed by atoms with Crippen LogP contribution in [0.3, 0.4) is 0 Å². The van der Waals surface area contributed by atoms with E-state index in [1.54, 1.807) is 0 Å². The second kappa shape index (κ2) is 11.6. The largest absolute Gasteiger partial charge is 0.491 e. The lowest BCUT2D eigenvalue weighted by Gasteiger charge is -2.23. The van der Waals surface area contributed by atoms with Gasteiger partial charge in [-0.2, -0.15) is 0 Å². The van der Waals surface area contributed by atoms with E-state index in [0.717, 1.165) is 43.2 Å². The van der Waals surface area contributed by atoms with Gasteiger partial charge in [-0.05, 0) is 45.0 Å². The van der Waals surface area contributed by atoms with Crippen molar-refractivity contribution in [3.05, 3.63) is 29.8 Å². The van der Waals surface area contributed by atoms with Crippen LogP contribution in [0.15, 0.2) is 24.3 Å². The minimum Gasteiger partial charge on any atom is -0.491 e. The molecule has 0 saturated heterocycles. The Labute approximate surface area is 143 Å². The number of hydrogen-bond donors (Lipinski definition) is 1. The van der Waals surface area contributed by atoms with Crippen LogP contribution in [0.1, 0.15) is 32.3 Å². The second-order valence-corrected chi connectivity index (χ2v) is 7.57. The van der Waals surface area contributed by atoms with Crippen molar-refractivity contribution in [3.63, 3.8) is 0 Å². The highest BCUT2D eigenvalue weighted by molar-refractivity contribution is 7.84. The zero-order valence-electron chi connectivity index (χ0n) is 14.7. The molecular weight excluding hydrogens is 310 g/mol. The van der Waals surface area contributed by atoms with Crippen LogP contribution in [0.4, 0.5) is 0 Å². The number of aryl methyl sites for hydroxylation is 1. The van der Waals surface area contributed by atoms with Gasteiger partial charge in [-0.25, -0.2) is 0 Å². The Kier molecular flexibility index (Phi) is 10.2. The number of nitrogens with zero attached hydrogens (tertiary/aromatic N) is 1. The van der Waals surface area contributed by atoms with Crippen LogP contribution in [0.25, 0.3) is 0 Å². The molecule has 0 aliphatic carbocycles. The third-order valence-electron chi connectivity index (χ3n) is 3.66. The maximum Gasteiger partial charge on any atom is 0.119 e. The number of likely N-dealkylation sites (N-methyl/N-ethyl adjacent to an activating group) is 1. The molecule has 0 aliphatic heterocycles. The number of aliphatic hydroxyl groups is 1. The zero-order chi connectivity index (χ0) is 17.1. The van der Waals surface area contributed by atoms with Crippen LogP contribution >= 0.6 is 0 Å². The lowest BCUT2D eigenvalue weighted by Crippen LogP contribution is -2.36. The van der Waals surface area contributed by atoms with Crippen molar-refractivity contribution in [2.24, 2.45) is 0 Å². The van der Waals surface area contributed by atoms with Gasteiger partial charge in [0.2, 0.25) is 0 Å². The van der Waals surface area contributed by atoms with Gasteiger partial charge >= 0.3 is 0 Å². The summed E-state index contributed by atoms with van der Waals surface area (Å²) in [5.74, 6) is 2.33. The minimum atomic E-state index is -0.695. The van der Waals surface area contributed by atoms with E-state index in [9.17, 15) is 9.32 Å². The molecule has 1 aromatic rings. The van der Waals surface area contributed by atoms with Crippen LogP contribution in [-0.2, 0) is 10.8 Å². The fourth-order valence-corrected chi connectivity index (χ4v) is 3.45. The van der Waals surface area contributed by atoms with Gasteiger partial charge in [0.1, 0.15) is 18.5 Å². The van der Waals surface area contributed by atoms with E-state index >= 15 is 0 Å². The molecule has 1 N–H and O–H groups in total. The Morgan fingerprint density at radius 3 is 2.52 bits per heavy atom. The normalized spacial score (nSPS) is 14.0. The van der Waals surface area contributed by atoms with E-state index < -0.39 is 16.9 Å². The number of benzene rings is 1. The van der Waals surface area contributed by atoms with Gasteiger partial charge in [0, 0.05) is 28.9 Å². The summed E-state index contributed by atoms with van der Waals surface area (Å²) in [6.45, 7) is 8.79. The first kappa shape index (κ1) is 20.1. The summed E-state index contributed by atoms with van der Waals surface area (Å²) in [6, 6.07) is 7.83. The van der Waals surface area contributed by atoms with Crippen LogP contribution < -0.4 is 4.74 Å². The molecule has 0 radical (unpaired) electrons. The molecule has 0 aromatic heterocycles. The van der Waals surface area contributed by atoms with Crippen molar-refractivity contribution >= 4 is 10.8 Å². The third kappa shape index (κ3) is 9.08. The summed E-state index contributed by atoms with van der Waals surface area (Å²) >= 11 is 0. The molecule has 23 heavy (non-hydrogen) atoms. The molecule has 0 fully saturated rings. The molecule has 4 nitrogen and oxygen atoms in total. The predicted octanol–water partition coefficient (Wildman–Crippen LogP) is 2.61. The molecular formula is C18H31NO3S. The first-order valence-electron chi connectivity index (χ1n) is 8.50. The van der Waals surface area contributed by atoms with E-state index in [2.05, 4.69) is 18.7 Å². The van der Waals surface area contributed by atoms with E-state index in [-0.39, 0.29) is 0 Å². The Balaban J connectivity index is 2.25. The smallest absolute Gasteiger partial charge is 0.119 e. The highest BCUT2D eigenvalue weighted by Gasteiger charge is 2.11. The van der Waals surface area contributed by atoms with Gasteiger partial charge in [0.25, 0.3) is 0 Å². The van der Waals surface area contributed by atoms with Gasteiger partial charge in [0.05, 0.1) is 0 Å². The Morgan fingerprint density at radius 1 is 1.22 bits per heavy atom. The van der Waals surface area contributed by atoms with Crippen molar-refractivity contribution in [1.29, 1.82) is 0 Å². The molecule has 132 valence electrons. The first-order chi connectivity index (χ1) is 11.0. The maximum absolute atomic E-state index is 11.6. The highest BCUT2D eigenvalue weighted by atomic mass is 32.2. The molecule has 0 heterocycles. The minimum absolute atomic E-state index is 0.293. The van der Waals surface area contributed by atoms with Crippen LogP contribution in [0, 0.1) is 6.92 Å². The van der Waals surface area contributed by atoms with Gasteiger partial charge in [-0.3, -0.25) is 4.21 Å². The fraction of sp³-hybridized carbons (Fsp3) is 0.667. The molecule has 1 rings (SSSR count). The lowest BCUT2D eigenvalue weighted by molar-refractivity contribution is 0.0700. The van der Waals surface area contributed by atoms with E-state index in [0.29, 0.717) is 13.2 Å². The lowest BCUT2D eigenvalue weighted by atomic mass is 10.2. The molecule has 2 unspecified atom stereocenters. The van der Waals surface area contributed by atoms with Crippen molar-refractivity contribution in [2.45, 2.75) is 39.7 Å². The molecule has 0 bridgehead atoms. The molecule has 2 atom stereocenters. The van der Waals surface area contributed by atoms with E-state index in [1.165, 1.54) is 5.56 Å². The predicted molar refractivity (Wildman–Crippen MR) is 97.6 cm³/mol. The Hall–Kier alpha value is -0.910. The van der Waals surface area contributed by atoms with Crippen molar-refractivity contribution in [1.82, 2.24) is 4.90 Å². The molecule has 0 spiro atoms. The van der Waals surface area contributed by atoms with E-state index in [4.69, 9.17) is 4.74 Å². The van der Waals surface area contributed by atoms with Crippen LogP contribution in [0.2, 0.25) is 0 Å². The van der Waals surface area contributed by atoms with Gasteiger partial charge < -0.3 is 14.7 Å². The number of ether oxygens (including phenoxy) is 1. The van der Waals surface area contributed by atoms with Crippen LogP contribution in [0.5, 0.6) is 5.75 Å². The van der Waals surface area contributed by atoms with Gasteiger partial charge in [-0.1, -0.05) is 31.5 Å². The Morgan fingerprint density at radius 2 is 1.91 bits per heavy atom. The number of aliphatic hydroxyl groups excluding tert-OH is 1. The van der Waals surface area contributed by atoms with Crippen LogP contribution in [-0.4, -0.2) is 58.1 Å². The highest BCUT2D eigenvalue weighted by Crippen LogP contribution is 2.11. The number of rotatable bonds is 12. The summed E-state index contributed by atoms with van der Waals surface area (Å²) < 4.78 is 17.3. The Bertz CT molecular complexity index is 450. The van der Waals surface area contributed by atoms with Gasteiger partial charge in [0.15, 0.2) is 0 Å². The summed E-state index contributed by atoms with van der Waals surface area (Å²) in [5.41, 5.74) is 1.19. The average Bonchev–Trinajstić information content (AvgIpc) is 2.53. The maximum atomic E-state index is 11.6. The quantitative estimate of drug-likeness (QED) is 0.635. The molecule has 0 saturated carbocycles. The average molecular weight is 342 g/mol. The summed E-state index contributed by atoms with van der Waals surface area (Å²) in [6.07, 6.45) is 1.36. The standard InChI is InChI=1S/C18H31NO3S/c1-4-12-23(21)13-6-11-19(5-2)14-17(20)15-22-18-9-7-16(3)8-10-18/h7-10,17,20H,4-6,11-15H2,1-3H3. The number of hydrogen-bond acceptors (Lipinski definition) is 4. The van der Waals surface area contributed by atoms with Crippen molar-refractivity contribution < 1.29 is 14.1 Å². The molecule has 0 aliphatic rings. The summed E-state index contributed by atoms with van der Waals surface area (Å²) in [5, 5.41) is 10.1. The topological polar surface area (TPSA) is 49.8 Å². The van der Waals surface area contributed by atoms with Gasteiger partial charge in [-0.15, -0.1) is 0 Å². The summed E-state index contributed by atoms with van der Waals surface area (Å²) in [7, 11) is -0.695. The SMILES string of the molecule is CCCS(=O)CCCN(CC)CC(O)COc1ccc(C)cc1. The monoisotopic (exact) mass is 341 g/mol. The molecule has 0 amide bonds. The van der Waals surface area contributed by atoms with E-state index in [1.807, 2.05) is 31.2 Å². The molecule has 1 aromatic carbocycles. The second-order valence-electron chi connectivity index (χ2n) is 5.87. The fourth-order valence-electron chi connectivity index (χ4n) is 2.34. The summed E-state index contributed by atoms with van der Waals surface area (Å²) in [4.78, 5) is 2.19. The third-order valence-corrected chi connectivity index (χ3v) is 5.27. The van der Waals surface area contributed by atoms with Crippen molar-refractivity contribution in [2.75, 3.05) is 37.7 Å².